The Balaban J connectivity index is 1.47. The second-order valence-corrected chi connectivity index (χ2v) is 10.9. The quantitative estimate of drug-likeness (QED) is 0.163. The molecule has 41 heavy (non-hydrogen) atoms. The normalized spacial score (nSPS) is 11.9. The van der Waals surface area contributed by atoms with Crippen LogP contribution in [0.4, 0.5) is 0 Å². The lowest BCUT2D eigenvalue weighted by atomic mass is 9.87. The van der Waals surface area contributed by atoms with E-state index in [-0.39, 0.29) is 0 Å². The Morgan fingerprint density at radius 2 is 1.07 bits per heavy atom. The minimum absolute atomic E-state index is 0.915. The molecular weight excluding hydrogens is 496 g/mol. The summed E-state index contributed by atoms with van der Waals surface area (Å²) in [6.45, 7) is 0. The van der Waals surface area contributed by atoms with E-state index >= 15 is 0 Å². The first-order valence-electron chi connectivity index (χ1n) is 14.1. The molecule has 0 aliphatic heterocycles. The third-order valence-electron chi connectivity index (χ3n) is 8.60. The first-order valence-corrected chi connectivity index (χ1v) is 14.1. The van der Waals surface area contributed by atoms with Crippen molar-refractivity contribution in [2.75, 3.05) is 0 Å². The van der Waals surface area contributed by atoms with Crippen LogP contribution in [0, 0.1) is 0 Å². The molecule has 0 saturated heterocycles. The summed E-state index contributed by atoms with van der Waals surface area (Å²) in [5, 5.41) is 12.3. The van der Waals surface area contributed by atoms with Gasteiger partial charge >= 0.3 is 0 Å². The van der Waals surface area contributed by atoms with Crippen LogP contribution >= 0.6 is 0 Å². The number of hydrogen-bond donors (Lipinski definition) is 0. The Morgan fingerprint density at radius 3 is 1.95 bits per heavy atom. The molecule has 1 nitrogen and oxygen atoms in total. The van der Waals surface area contributed by atoms with Gasteiger partial charge in [0, 0.05) is 10.8 Å². The van der Waals surface area contributed by atoms with E-state index in [1.807, 2.05) is 0 Å². The molecule has 8 aromatic carbocycles. The zero-order valence-electron chi connectivity index (χ0n) is 22.3. The largest absolute Gasteiger partial charge is 0.456 e. The molecule has 0 unspecified atom stereocenters. The zero-order chi connectivity index (χ0) is 26.9. The lowest BCUT2D eigenvalue weighted by Gasteiger charge is -2.16. The molecule has 190 valence electrons. The van der Waals surface area contributed by atoms with Crippen molar-refractivity contribution in [1.29, 1.82) is 0 Å². The third kappa shape index (κ3) is 3.36. The Bertz CT molecular complexity index is 2460. The van der Waals surface area contributed by atoms with E-state index in [1.54, 1.807) is 0 Å². The van der Waals surface area contributed by atoms with Crippen LogP contribution < -0.4 is 0 Å². The van der Waals surface area contributed by atoms with Gasteiger partial charge in [-0.2, -0.15) is 0 Å². The summed E-state index contributed by atoms with van der Waals surface area (Å²) >= 11 is 0. The highest BCUT2D eigenvalue weighted by molar-refractivity contribution is 6.25. The highest BCUT2D eigenvalue weighted by atomic mass is 16.3. The van der Waals surface area contributed by atoms with Crippen LogP contribution in [0.3, 0.4) is 0 Å². The maximum atomic E-state index is 6.51. The molecule has 9 aromatic rings. The molecule has 0 saturated carbocycles. The molecule has 9 rings (SSSR count). The molecule has 0 radical (unpaired) electrons. The Hall–Kier alpha value is -5.40. The minimum Gasteiger partial charge on any atom is -0.456 e. The molecule has 1 heterocycles. The number of furan rings is 1. The van der Waals surface area contributed by atoms with E-state index in [0.29, 0.717) is 0 Å². The summed E-state index contributed by atoms with van der Waals surface area (Å²) in [5.41, 5.74) is 6.73. The van der Waals surface area contributed by atoms with Gasteiger partial charge in [0.25, 0.3) is 0 Å². The number of hydrogen-bond acceptors (Lipinski definition) is 1. The van der Waals surface area contributed by atoms with Gasteiger partial charge in [-0.05, 0) is 95.7 Å². The molecule has 1 aromatic heterocycles. The minimum atomic E-state index is 0.915. The van der Waals surface area contributed by atoms with Crippen LogP contribution in [0.1, 0.15) is 0 Å². The first-order chi connectivity index (χ1) is 20.3. The summed E-state index contributed by atoms with van der Waals surface area (Å²) in [4.78, 5) is 0. The summed E-state index contributed by atoms with van der Waals surface area (Å²) in [7, 11) is 0. The van der Waals surface area contributed by atoms with Gasteiger partial charge in [-0.1, -0.05) is 115 Å². The Kier molecular flexibility index (Phi) is 4.67. The predicted molar refractivity (Wildman–Crippen MR) is 175 cm³/mol. The van der Waals surface area contributed by atoms with Gasteiger partial charge in [0.05, 0.1) is 0 Å². The molecule has 0 spiro atoms. The topological polar surface area (TPSA) is 13.1 Å². The smallest absolute Gasteiger partial charge is 0.136 e. The summed E-state index contributed by atoms with van der Waals surface area (Å²) < 4.78 is 6.51. The lowest BCUT2D eigenvalue weighted by molar-refractivity contribution is 0.669. The Morgan fingerprint density at radius 1 is 0.341 bits per heavy atom. The van der Waals surface area contributed by atoms with Gasteiger partial charge in [-0.25, -0.2) is 0 Å². The van der Waals surface area contributed by atoms with Gasteiger partial charge in [0.15, 0.2) is 0 Å². The fourth-order valence-corrected chi connectivity index (χ4v) is 6.69. The average molecular weight is 521 g/mol. The first kappa shape index (κ1) is 22.4. The van der Waals surface area contributed by atoms with Gasteiger partial charge in [0.2, 0.25) is 0 Å². The van der Waals surface area contributed by atoms with Crippen LogP contribution in [-0.4, -0.2) is 0 Å². The van der Waals surface area contributed by atoms with Gasteiger partial charge in [-0.3, -0.25) is 0 Å². The van der Waals surface area contributed by atoms with E-state index in [2.05, 4.69) is 146 Å². The molecule has 0 aliphatic rings. The highest BCUT2D eigenvalue weighted by Crippen LogP contribution is 2.45. The van der Waals surface area contributed by atoms with Crippen LogP contribution in [0.2, 0.25) is 0 Å². The maximum absolute atomic E-state index is 6.51. The van der Waals surface area contributed by atoms with E-state index in [9.17, 15) is 0 Å². The van der Waals surface area contributed by atoms with Crippen molar-refractivity contribution >= 4 is 65.0 Å². The molecule has 0 atom stereocenters. The van der Waals surface area contributed by atoms with Crippen molar-refractivity contribution in [2.24, 2.45) is 0 Å². The molecular formula is C40H24O. The predicted octanol–water partition coefficient (Wildman–Crippen LogP) is 11.5. The van der Waals surface area contributed by atoms with Crippen molar-refractivity contribution in [3.63, 3.8) is 0 Å². The van der Waals surface area contributed by atoms with E-state index in [0.717, 1.165) is 16.6 Å². The standard InChI is InChI=1S/C40H24O/c1-2-9-25(10-3-1)29-17-18-30-23-35-31-14-7-6-11-26(31)19-20-32(35)39(34(30)21-29)33-15-8-16-37-40(33)36-22-27-12-4-5-13-28(27)24-38(36)41-37/h1-24H. The molecule has 0 fully saturated rings. The molecule has 1 heteroatoms. The number of rotatable bonds is 2. The molecule has 0 amide bonds. The highest BCUT2D eigenvalue weighted by Gasteiger charge is 2.19. The van der Waals surface area contributed by atoms with E-state index < -0.39 is 0 Å². The van der Waals surface area contributed by atoms with E-state index in [4.69, 9.17) is 4.42 Å². The number of fused-ring (bicyclic) bond motifs is 8. The van der Waals surface area contributed by atoms with Crippen LogP contribution in [0.25, 0.3) is 87.3 Å². The van der Waals surface area contributed by atoms with Crippen molar-refractivity contribution < 1.29 is 4.42 Å². The maximum Gasteiger partial charge on any atom is 0.136 e. The van der Waals surface area contributed by atoms with Crippen molar-refractivity contribution in [3.8, 4) is 22.3 Å². The summed E-state index contributed by atoms with van der Waals surface area (Å²) in [6.07, 6.45) is 0. The van der Waals surface area contributed by atoms with Crippen LogP contribution in [0.5, 0.6) is 0 Å². The fraction of sp³-hybridized carbons (Fsp3) is 0. The average Bonchev–Trinajstić information content (AvgIpc) is 3.40. The van der Waals surface area contributed by atoms with Crippen LogP contribution in [-0.2, 0) is 0 Å². The Labute approximate surface area is 236 Å². The summed E-state index contributed by atoms with van der Waals surface area (Å²) in [5.74, 6) is 0. The second kappa shape index (κ2) is 8.55. The molecule has 0 N–H and O–H groups in total. The second-order valence-electron chi connectivity index (χ2n) is 10.9. The third-order valence-corrected chi connectivity index (χ3v) is 8.60. The lowest BCUT2D eigenvalue weighted by Crippen LogP contribution is -1.89. The molecule has 0 aliphatic carbocycles. The van der Waals surface area contributed by atoms with Crippen molar-refractivity contribution in [2.45, 2.75) is 0 Å². The SMILES string of the molecule is c1ccc(-c2ccc3cc4c(ccc5ccccc54)c(-c4cccc5oc6cc7ccccc7cc6c45)c3c2)cc1. The van der Waals surface area contributed by atoms with Crippen molar-refractivity contribution in [1.82, 2.24) is 0 Å². The van der Waals surface area contributed by atoms with Crippen molar-refractivity contribution in [3.05, 3.63) is 146 Å². The monoisotopic (exact) mass is 520 g/mol. The van der Waals surface area contributed by atoms with Gasteiger partial charge in [0.1, 0.15) is 11.2 Å². The molecule has 0 bridgehead atoms. The fourth-order valence-electron chi connectivity index (χ4n) is 6.69. The van der Waals surface area contributed by atoms with E-state index in [1.165, 1.54) is 70.7 Å². The van der Waals surface area contributed by atoms with Gasteiger partial charge in [-0.15, -0.1) is 0 Å². The zero-order valence-corrected chi connectivity index (χ0v) is 22.3. The number of benzene rings is 8. The van der Waals surface area contributed by atoms with Crippen LogP contribution in [0.15, 0.2) is 150 Å². The van der Waals surface area contributed by atoms with Gasteiger partial charge < -0.3 is 4.42 Å². The summed E-state index contributed by atoms with van der Waals surface area (Å²) in [6, 6.07) is 52.7.